The molecule has 3 aromatic carbocycles. The Morgan fingerprint density at radius 1 is 1.00 bits per heavy atom. The van der Waals surface area contributed by atoms with Gasteiger partial charge in [-0.1, -0.05) is 18.2 Å². The van der Waals surface area contributed by atoms with Crippen molar-refractivity contribution in [3.63, 3.8) is 0 Å². The first-order valence-corrected chi connectivity index (χ1v) is 14.9. The molecule has 5 rings (SSSR count). The second-order valence-electron chi connectivity index (χ2n) is 9.93. The van der Waals surface area contributed by atoms with Crippen LogP contribution in [0.25, 0.3) is 0 Å². The highest BCUT2D eigenvalue weighted by atomic mass is 32.2. The minimum atomic E-state index is -3.55. The normalized spacial score (nSPS) is 15.4. The van der Waals surface area contributed by atoms with Gasteiger partial charge in [-0.2, -0.15) is 4.31 Å². The SMILES string of the molecule is Cc1ccccc1OCCCCN1C(=O)COc2ccc(NC(=O)c3ccc(S(=O)(=O)N4CCCC4)cc3)cc21. The van der Waals surface area contributed by atoms with E-state index in [4.69, 9.17) is 9.47 Å². The van der Waals surface area contributed by atoms with E-state index >= 15 is 0 Å². The van der Waals surface area contributed by atoms with Gasteiger partial charge < -0.3 is 19.7 Å². The number of sulfonamides is 1. The van der Waals surface area contributed by atoms with Crippen LogP contribution in [0.3, 0.4) is 0 Å². The Bertz CT molecular complexity index is 1480. The van der Waals surface area contributed by atoms with Crippen LogP contribution in [0.1, 0.15) is 41.6 Å². The van der Waals surface area contributed by atoms with Crippen molar-refractivity contribution in [2.75, 3.05) is 43.1 Å². The number of unbranched alkanes of at least 4 members (excludes halogenated alkanes) is 1. The summed E-state index contributed by atoms with van der Waals surface area (Å²) in [5.41, 5.74) is 2.51. The van der Waals surface area contributed by atoms with Gasteiger partial charge in [-0.25, -0.2) is 8.42 Å². The molecule has 2 amide bonds. The van der Waals surface area contributed by atoms with Crippen LogP contribution in [0.5, 0.6) is 11.5 Å². The molecule has 0 atom stereocenters. The second-order valence-corrected chi connectivity index (χ2v) is 11.9. The minimum absolute atomic E-state index is 0.0366. The van der Waals surface area contributed by atoms with Crippen molar-refractivity contribution in [1.82, 2.24) is 4.31 Å². The Hall–Kier alpha value is -3.89. The number of carbonyl (C=O) groups excluding carboxylic acids is 2. The van der Waals surface area contributed by atoms with E-state index in [2.05, 4.69) is 5.32 Å². The molecule has 0 unspecified atom stereocenters. The van der Waals surface area contributed by atoms with Crippen molar-refractivity contribution in [2.45, 2.75) is 37.5 Å². The van der Waals surface area contributed by atoms with Crippen LogP contribution in [0, 0.1) is 6.92 Å². The summed E-state index contributed by atoms with van der Waals surface area (Å²) in [6.45, 7) is 4.05. The molecule has 1 saturated heterocycles. The number of aryl methyl sites for hydroxylation is 1. The van der Waals surface area contributed by atoms with Crippen molar-refractivity contribution in [3.8, 4) is 11.5 Å². The quantitative estimate of drug-likeness (QED) is 0.361. The third-order valence-corrected chi connectivity index (χ3v) is 9.02. The molecule has 40 heavy (non-hydrogen) atoms. The molecule has 10 heteroatoms. The molecule has 0 radical (unpaired) electrons. The van der Waals surface area contributed by atoms with Gasteiger partial charge in [0.25, 0.3) is 11.8 Å². The Labute approximate surface area is 234 Å². The summed E-state index contributed by atoms with van der Waals surface area (Å²) in [5.74, 6) is 0.905. The lowest BCUT2D eigenvalue weighted by atomic mass is 10.1. The van der Waals surface area contributed by atoms with Gasteiger partial charge in [0.15, 0.2) is 6.61 Å². The summed E-state index contributed by atoms with van der Waals surface area (Å²) < 4.78 is 38.5. The van der Waals surface area contributed by atoms with E-state index in [0.717, 1.165) is 37.0 Å². The van der Waals surface area contributed by atoms with Crippen LogP contribution < -0.4 is 19.7 Å². The van der Waals surface area contributed by atoms with Gasteiger partial charge in [0, 0.05) is 30.9 Å². The summed E-state index contributed by atoms with van der Waals surface area (Å²) in [5, 5.41) is 2.84. The first-order chi connectivity index (χ1) is 19.3. The zero-order valence-corrected chi connectivity index (χ0v) is 23.3. The van der Waals surface area contributed by atoms with Crippen LogP contribution in [0.2, 0.25) is 0 Å². The molecule has 0 bridgehead atoms. The molecule has 2 heterocycles. The smallest absolute Gasteiger partial charge is 0.265 e. The summed E-state index contributed by atoms with van der Waals surface area (Å²) in [7, 11) is -3.55. The van der Waals surface area contributed by atoms with E-state index < -0.39 is 10.0 Å². The van der Waals surface area contributed by atoms with Crippen molar-refractivity contribution < 1.29 is 27.5 Å². The summed E-state index contributed by atoms with van der Waals surface area (Å²) >= 11 is 0. The number of fused-ring (bicyclic) bond motifs is 1. The molecule has 1 N–H and O–H groups in total. The van der Waals surface area contributed by atoms with E-state index in [0.29, 0.717) is 48.9 Å². The number of para-hydroxylation sites is 1. The predicted octanol–water partition coefficient (Wildman–Crippen LogP) is 4.62. The highest BCUT2D eigenvalue weighted by molar-refractivity contribution is 7.89. The van der Waals surface area contributed by atoms with E-state index in [9.17, 15) is 18.0 Å². The zero-order valence-electron chi connectivity index (χ0n) is 22.5. The average molecular weight is 564 g/mol. The summed E-state index contributed by atoms with van der Waals surface area (Å²) in [6.07, 6.45) is 3.22. The predicted molar refractivity (Wildman–Crippen MR) is 153 cm³/mol. The number of carbonyl (C=O) groups is 2. The summed E-state index contributed by atoms with van der Waals surface area (Å²) in [4.78, 5) is 27.5. The minimum Gasteiger partial charge on any atom is -0.493 e. The number of benzene rings is 3. The molecule has 0 aromatic heterocycles. The van der Waals surface area contributed by atoms with E-state index in [1.165, 1.54) is 28.6 Å². The molecule has 9 nitrogen and oxygen atoms in total. The van der Waals surface area contributed by atoms with Gasteiger partial charge in [-0.15, -0.1) is 0 Å². The highest BCUT2D eigenvalue weighted by Gasteiger charge is 2.28. The van der Waals surface area contributed by atoms with Crippen molar-refractivity contribution >= 4 is 33.2 Å². The number of hydrogen-bond donors (Lipinski definition) is 1. The number of rotatable bonds is 10. The van der Waals surface area contributed by atoms with Gasteiger partial charge in [-0.3, -0.25) is 9.59 Å². The number of nitrogens with zero attached hydrogens (tertiary/aromatic N) is 2. The van der Waals surface area contributed by atoms with E-state index in [-0.39, 0.29) is 23.3 Å². The maximum Gasteiger partial charge on any atom is 0.265 e. The lowest BCUT2D eigenvalue weighted by Crippen LogP contribution is -2.39. The van der Waals surface area contributed by atoms with Crippen LogP contribution in [-0.2, 0) is 14.8 Å². The van der Waals surface area contributed by atoms with Crippen LogP contribution in [0.4, 0.5) is 11.4 Å². The van der Waals surface area contributed by atoms with Crippen LogP contribution in [-0.4, -0.2) is 57.4 Å². The molecule has 210 valence electrons. The first kappa shape index (κ1) is 27.7. The number of hydrogen-bond acceptors (Lipinski definition) is 6. The third kappa shape index (κ3) is 6.13. The first-order valence-electron chi connectivity index (χ1n) is 13.5. The van der Waals surface area contributed by atoms with Crippen molar-refractivity contribution in [3.05, 3.63) is 77.9 Å². The Morgan fingerprint density at radius 2 is 1.75 bits per heavy atom. The molecule has 1 fully saturated rings. The standard InChI is InChI=1S/C30H33N3O6S/c1-22-8-2-3-9-27(22)38-19-7-6-18-33-26-20-24(12-15-28(26)39-21-29(33)34)31-30(35)23-10-13-25(14-11-23)40(36,37)32-16-4-5-17-32/h2-3,8-15,20H,4-7,16-19,21H2,1H3,(H,31,35). The molecule has 2 aliphatic rings. The van der Waals surface area contributed by atoms with Gasteiger partial charge in [0.05, 0.1) is 17.2 Å². The Kier molecular flexibility index (Phi) is 8.37. The number of nitrogens with one attached hydrogen (secondary N) is 1. The fourth-order valence-corrected chi connectivity index (χ4v) is 6.37. The molecule has 0 aliphatic carbocycles. The fourth-order valence-electron chi connectivity index (χ4n) is 4.86. The lowest BCUT2D eigenvalue weighted by molar-refractivity contribution is -0.121. The number of amides is 2. The highest BCUT2D eigenvalue weighted by Crippen LogP contribution is 2.35. The number of anilines is 2. The number of ether oxygens (including phenoxy) is 2. The van der Waals surface area contributed by atoms with Gasteiger partial charge in [0.1, 0.15) is 11.5 Å². The molecule has 0 saturated carbocycles. The second kappa shape index (κ2) is 12.1. The third-order valence-electron chi connectivity index (χ3n) is 7.11. The molecular weight excluding hydrogens is 530 g/mol. The molecular formula is C30H33N3O6S. The largest absolute Gasteiger partial charge is 0.493 e. The van der Waals surface area contributed by atoms with Gasteiger partial charge >= 0.3 is 0 Å². The van der Waals surface area contributed by atoms with Crippen molar-refractivity contribution in [1.29, 1.82) is 0 Å². The Morgan fingerprint density at radius 3 is 2.50 bits per heavy atom. The van der Waals surface area contributed by atoms with Crippen LogP contribution >= 0.6 is 0 Å². The van der Waals surface area contributed by atoms with E-state index in [1.807, 2.05) is 31.2 Å². The maximum absolute atomic E-state index is 12.9. The average Bonchev–Trinajstić information content (AvgIpc) is 3.51. The van der Waals surface area contributed by atoms with Gasteiger partial charge in [-0.05, 0) is 86.7 Å². The van der Waals surface area contributed by atoms with Crippen LogP contribution in [0.15, 0.2) is 71.6 Å². The molecule has 0 spiro atoms. The molecule has 2 aliphatic heterocycles. The topological polar surface area (TPSA) is 105 Å². The van der Waals surface area contributed by atoms with Crippen molar-refractivity contribution in [2.24, 2.45) is 0 Å². The fraction of sp³-hybridized carbons (Fsp3) is 0.333. The zero-order chi connectivity index (χ0) is 28.1. The Balaban J connectivity index is 1.20. The van der Waals surface area contributed by atoms with E-state index in [1.54, 1.807) is 23.1 Å². The maximum atomic E-state index is 12.9. The van der Waals surface area contributed by atoms with Gasteiger partial charge in [0.2, 0.25) is 10.0 Å². The molecule has 3 aromatic rings. The summed E-state index contributed by atoms with van der Waals surface area (Å²) in [6, 6.07) is 19.0. The monoisotopic (exact) mass is 563 g/mol. The lowest BCUT2D eigenvalue weighted by Gasteiger charge is -2.30.